The van der Waals surface area contributed by atoms with E-state index in [4.69, 9.17) is 27.2 Å². The van der Waals surface area contributed by atoms with E-state index in [0.29, 0.717) is 16.1 Å². The number of carbonyl (C=O) groups excluding carboxylic acids is 1. The van der Waals surface area contributed by atoms with E-state index in [1.54, 1.807) is 0 Å². The Morgan fingerprint density at radius 2 is 1.50 bits per heavy atom. The molecule has 0 saturated heterocycles. The van der Waals surface area contributed by atoms with Crippen LogP contribution in [0.5, 0.6) is 0 Å². The Labute approximate surface area is 195 Å². The maximum absolute atomic E-state index is 10.8. The van der Waals surface area contributed by atoms with Crippen molar-refractivity contribution in [1.29, 1.82) is 0 Å². The number of thioether (sulfide) groups is 2. The minimum absolute atomic E-state index is 0. The smallest absolute Gasteiger partial charge is 0.330 e. The van der Waals surface area contributed by atoms with Crippen LogP contribution in [0.4, 0.5) is 0 Å². The predicted octanol–water partition coefficient (Wildman–Crippen LogP) is 6.03. The van der Waals surface area contributed by atoms with Gasteiger partial charge in [-0.2, -0.15) is 0 Å². The second-order valence-corrected chi connectivity index (χ2v) is 11.8. The summed E-state index contributed by atoms with van der Waals surface area (Å²) in [5, 5.41) is 17.8. The van der Waals surface area contributed by atoms with Crippen molar-refractivity contribution in [2.24, 2.45) is 5.92 Å². The van der Waals surface area contributed by atoms with Gasteiger partial charge < -0.3 is 14.9 Å². The van der Waals surface area contributed by atoms with Crippen LogP contribution in [0.15, 0.2) is 12.7 Å². The van der Waals surface area contributed by atoms with Gasteiger partial charge in [0.05, 0.1) is 6.61 Å². The van der Waals surface area contributed by atoms with Gasteiger partial charge in [-0.25, -0.2) is 4.79 Å². The van der Waals surface area contributed by atoms with Crippen LogP contribution in [0.2, 0.25) is 0 Å². The van der Waals surface area contributed by atoms with E-state index in [9.17, 15) is 14.4 Å². The molecule has 0 bridgehead atoms. The second-order valence-electron chi connectivity index (χ2n) is 7.34. The number of esters is 1. The minimum Gasteiger partial charge on any atom is -0.480 e. The van der Waals surface area contributed by atoms with Crippen molar-refractivity contribution in [2.75, 3.05) is 6.61 Å². The molecule has 30 heavy (non-hydrogen) atoms. The predicted molar refractivity (Wildman–Crippen MR) is 132 cm³/mol. The second kappa shape index (κ2) is 16.6. The molecule has 176 valence electrons. The van der Waals surface area contributed by atoms with Crippen molar-refractivity contribution < 1.29 is 29.3 Å². The Bertz CT molecular complexity index is 543. The summed E-state index contributed by atoms with van der Waals surface area (Å²) in [7, 11) is 0. The average molecular weight is 483 g/mol. The average Bonchev–Trinajstić information content (AvgIpc) is 2.60. The lowest BCUT2D eigenvalue weighted by atomic mass is 10.0. The van der Waals surface area contributed by atoms with Crippen LogP contribution in [-0.2, 0) is 19.1 Å². The summed E-state index contributed by atoms with van der Waals surface area (Å²) in [4.78, 5) is 32.5. The maximum atomic E-state index is 10.8. The third kappa shape index (κ3) is 15.7. The van der Waals surface area contributed by atoms with Gasteiger partial charge in [0.15, 0.2) is 0 Å². The summed E-state index contributed by atoms with van der Waals surface area (Å²) in [5.41, 5.74) is 0. The van der Waals surface area contributed by atoms with E-state index >= 15 is 0 Å². The molecule has 0 amide bonds. The molecule has 0 aromatic rings. The molecule has 2 N–H and O–H groups in total. The fourth-order valence-electron chi connectivity index (χ4n) is 1.68. The molecule has 0 fully saturated rings. The summed E-state index contributed by atoms with van der Waals surface area (Å²) in [6, 6.07) is 0. The van der Waals surface area contributed by atoms with Crippen molar-refractivity contribution >= 4 is 57.2 Å². The summed E-state index contributed by atoms with van der Waals surface area (Å²) in [6.07, 6.45) is 5.85. The summed E-state index contributed by atoms with van der Waals surface area (Å²) < 4.78 is 3.22. The largest absolute Gasteiger partial charge is 0.480 e. The first kappa shape index (κ1) is 33.6. The lowest BCUT2D eigenvalue weighted by Gasteiger charge is -2.22. The van der Waals surface area contributed by atoms with Crippen LogP contribution in [-0.4, -0.2) is 47.8 Å². The molecule has 1 atom stereocenters. The number of rotatable bonds is 11. The van der Waals surface area contributed by atoms with Crippen molar-refractivity contribution in [1.82, 2.24) is 0 Å². The Balaban J connectivity index is -0.000000480. The van der Waals surface area contributed by atoms with Crippen LogP contribution < -0.4 is 0 Å². The molecule has 0 aliphatic rings. The zero-order valence-electron chi connectivity index (χ0n) is 18.1. The molecule has 6 nitrogen and oxygen atoms in total. The molecule has 0 spiro atoms. The highest BCUT2D eigenvalue weighted by Gasteiger charge is 2.34. The van der Waals surface area contributed by atoms with Crippen molar-refractivity contribution in [3.63, 3.8) is 0 Å². The number of carboxylic acid groups (broad SMARTS) is 2. The van der Waals surface area contributed by atoms with Gasteiger partial charge in [-0.05, 0) is 40.0 Å². The first-order chi connectivity index (χ1) is 13.2. The molecule has 0 heterocycles. The van der Waals surface area contributed by atoms with Crippen molar-refractivity contribution in [3.8, 4) is 0 Å². The first-order valence-electron chi connectivity index (χ1n) is 9.41. The standard InChI is InChI=1S/C11H20O2.C9H14O4S3.CH4/c1-4-7-8-10(5-2)9-13-11(12)6-3;1-8(2,5(10)11)15-7(14)16-9(3,4)6(12)13;/h6,10H,3-5,7-9H2,1-2H3;1-4H3,(H,10,11)(H,12,13);1H4. The number of thiocarbonyl (C=S) groups is 1. The first-order valence-corrected chi connectivity index (χ1v) is 11.5. The number of unbranched alkanes of at least 4 members (excludes halogenated alkanes) is 1. The highest BCUT2D eigenvalue weighted by molar-refractivity contribution is 8.48. The molecule has 0 aliphatic carbocycles. The Kier molecular flexibility index (Phi) is 18.6. The van der Waals surface area contributed by atoms with Gasteiger partial charge in [0.1, 0.15) is 13.0 Å². The van der Waals surface area contributed by atoms with Gasteiger partial charge >= 0.3 is 17.9 Å². The summed E-state index contributed by atoms with van der Waals surface area (Å²) in [5.74, 6) is -1.75. The van der Waals surface area contributed by atoms with Crippen LogP contribution >= 0.6 is 35.7 Å². The van der Waals surface area contributed by atoms with Crippen LogP contribution in [0, 0.1) is 5.92 Å². The van der Waals surface area contributed by atoms with E-state index in [0.717, 1.165) is 36.4 Å². The molecular weight excluding hydrogens is 444 g/mol. The molecule has 1 unspecified atom stereocenters. The highest BCUT2D eigenvalue weighted by Crippen LogP contribution is 2.36. The molecule has 0 aromatic heterocycles. The van der Waals surface area contributed by atoms with Gasteiger partial charge in [-0.3, -0.25) is 9.59 Å². The zero-order valence-corrected chi connectivity index (χ0v) is 20.6. The Hall–Kier alpha value is -1.06. The number of ether oxygens (including phenoxy) is 1. The Morgan fingerprint density at radius 3 is 1.80 bits per heavy atom. The zero-order chi connectivity index (χ0) is 23.3. The van der Waals surface area contributed by atoms with Crippen molar-refractivity contribution in [2.45, 2.75) is 84.1 Å². The lowest BCUT2D eigenvalue weighted by Crippen LogP contribution is -2.31. The van der Waals surface area contributed by atoms with Crippen LogP contribution in [0.1, 0.15) is 74.7 Å². The number of aliphatic carboxylic acids is 2. The molecule has 0 radical (unpaired) electrons. The molecule has 9 heteroatoms. The molecular formula is C21H38O6S3. The number of carboxylic acids is 2. The molecule has 0 aromatic carbocycles. The van der Waals surface area contributed by atoms with Gasteiger partial charge in [-0.15, -0.1) is 0 Å². The minimum atomic E-state index is -1.04. The van der Waals surface area contributed by atoms with E-state index in [1.165, 1.54) is 46.6 Å². The fraction of sp³-hybridized carbons (Fsp3) is 0.714. The van der Waals surface area contributed by atoms with E-state index in [2.05, 4.69) is 20.4 Å². The monoisotopic (exact) mass is 482 g/mol. The summed E-state index contributed by atoms with van der Waals surface area (Å²) in [6.45, 7) is 14.3. The number of carbonyl (C=O) groups is 3. The molecule has 0 saturated carbocycles. The van der Waals surface area contributed by atoms with Crippen molar-refractivity contribution in [3.05, 3.63) is 12.7 Å². The third-order valence-electron chi connectivity index (χ3n) is 3.88. The fourth-order valence-corrected chi connectivity index (χ4v) is 5.36. The van der Waals surface area contributed by atoms with Gasteiger partial charge in [0, 0.05) is 6.08 Å². The van der Waals surface area contributed by atoms with E-state index < -0.39 is 21.4 Å². The lowest BCUT2D eigenvalue weighted by molar-refractivity contribution is -0.140. The van der Waals surface area contributed by atoms with E-state index in [1.807, 2.05) is 0 Å². The normalized spacial score (nSPS) is 11.8. The summed E-state index contributed by atoms with van der Waals surface area (Å²) >= 11 is 6.96. The van der Waals surface area contributed by atoms with Crippen LogP contribution in [0.3, 0.4) is 0 Å². The van der Waals surface area contributed by atoms with Gasteiger partial charge in [0.2, 0.25) is 0 Å². The quantitative estimate of drug-likeness (QED) is 0.207. The Morgan fingerprint density at radius 1 is 1.07 bits per heavy atom. The van der Waals surface area contributed by atoms with Gasteiger partial charge in [0.25, 0.3) is 0 Å². The number of hydrogen-bond donors (Lipinski definition) is 2. The molecule has 0 aliphatic heterocycles. The number of hydrogen-bond acceptors (Lipinski definition) is 7. The third-order valence-corrected chi connectivity index (χ3v) is 6.58. The van der Waals surface area contributed by atoms with E-state index in [-0.39, 0.29) is 13.4 Å². The van der Waals surface area contributed by atoms with Crippen LogP contribution in [0.25, 0.3) is 0 Å². The molecule has 0 rings (SSSR count). The highest BCUT2D eigenvalue weighted by atomic mass is 32.2. The SMILES string of the molecule is C.C=CC(=O)OCC(CC)CCCC.CC(C)(SC(=S)SC(C)(C)C(=O)O)C(=O)O. The topological polar surface area (TPSA) is 101 Å². The maximum Gasteiger partial charge on any atom is 0.330 e. The van der Waals surface area contributed by atoms with Gasteiger partial charge in [-0.1, -0.05) is 82.9 Å².